The van der Waals surface area contributed by atoms with Crippen molar-refractivity contribution in [3.05, 3.63) is 0 Å². The Morgan fingerprint density at radius 3 is 1.89 bits per heavy atom. The van der Waals surface area contributed by atoms with E-state index in [1.165, 1.54) is 0 Å². The van der Waals surface area contributed by atoms with Gasteiger partial charge in [0.15, 0.2) is 11.4 Å². The second kappa shape index (κ2) is 4.65. The smallest absolute Gasteiger partial charge is 0.363 e. The van der Waals surface area contributed by atoms with Crippen LogP contribution in [0.4, 0.5) is 13.2 Å². The number of hydrogen-bond donors (Lipinski definition) is 0. The van der Waals surface area contributed by atoms with Crippen LogP contribution in [0.2, 0.25) is 0 Å². The van der Waals surface area contributed by atoms with E-state index in [9.17, 15) is 13.2 Å². The molecule has 2 aliphatic rings. The predicted octanol–water partition coefficient (Wildman–Crippen LogP) is 3.03. The summed E-state index contributed by atoms with van der Waals surface area (Å²) in [6.45, 7) is 4.18. The van der Waals surface area contributed by atoms with Gasteiger partial charge < -0.3 is 14.2 Å². The van der Waals surface area contributed by atoms with E-state index in [0.29, 0.717) is 13.2 Å². The molecule has 1 aliphatic carbocycles. The van der Waals surface area contributed by atoms with Gasteiger partial charge >= 0.3 is 6.18 Å². The second-order valence-corrected chi connectivity index (χ2v) is 5.27. The molecule has 0 atom stereocenters. The summed E-state index contributed by atoms with van der Waals surface area (Å²) in [5, 5.41) is 0. The summed E-state index contributed by atoms with van der Waals surface area (Å²) in [5.41, 5.74) is -2.04. The normalized spacial score (nSPS) is 27.0. The summed E-state index contributed by atoms with van der Waals surface area (Å²) >= 11 is 0. The molecule has 0 N–H and O–H groups in total. The Hall–Kier alpha value is -0.330. The van der Waals surface area contributed by atoms with Gasteiger partial charge in [0.2, 0.25) is 0 Å². The molecule has 1 saturated carbocycles. The Bertz CT molecular complexity index is 285. The lowest BCUT2D eigenvalue weighted by Crippen LogP contribution is -2.54. The highest BCUT2D eigenvalue weighted by Crippen LogP contribution is 2.49. The van der Waals surface area contributed by atoms with Gasteiger partial charge in [-0.2, -0.15) is 13.2 Å². The number of alkyl halides is 3. The quantitative estimate of drug-likeness (QED) is 0.770. The highest BCUT2D eigenvalue weighted by Gasteiger charge is 2.60. The van der Waals surface area contributed by atoms with Crippen LogP contribution < -0.4 is 0 Å². The fraction of sp³-hybridized carbons (Fsp3) is 1.00. The molecule has 1 saturated heterocycles. The molecule has 18 heavy (non-hydrogen) atoms. The van der Waals surface area contributed by atoms with Gasteiger partial charge in [0.05, 0.1) is 19.3 Å². The number of rotatable bonds is 2. The minimum Gasteiger partial charge on any atom is -0.363 e. The molecule has 0 radical (unpaired) electrons. The van der Waals surface area contributed by atoms with Crippen molar-refractivity contribution in [2.24, 2.45) is 0 Å². The van der Waals surface area contributed by atoms with E-state index in [4.69, 9.17) is 14.2 Å². The first-order chi connectivity index (χ1) is 8.29. The van der Waals surface area contributed by atoms with Gasteiger partial charge in [-0.05, 0) is 26.7 Å². The number of ether oxygens (including phenoxy) is 3. The first-order valence-electron chi connectivity index (χ1n) is 6.31. The zero-order valence-electron chi connectivity index (χ0n) is 10.7. The Labute approximate surface area is 105 Å². The van der Waals surface area contributed by atoms with Gasteiger partial charge in [-0.25, -0.2) is 0 Å². The monoisotopic (exact) mass is 268 g/mol. The summed E-state index contributed by atoms with van der Waals surface area (Å²) in [6, 6.07) is 0. The van der Waals surface area contributed by atoms with Crippen LogP contribution in [0.15, 0.2) is 0 Å². The standard InChI is InChI=1S/C12H19F3O3/c1-9(2)18-10(12(13,14)15)3-5-11(6-4-10)16-7-8-17-11/h9H,3-8H2,1-2H3. The van der Waals surface area contributed by atoms with Crippen molar-refractivity contribution in [3.63, 3.8) is 0 Å². The van der Waals surface area contributed by atoms with E-state index >= 15 is 0 Å². The lowest BCUT2D eigenvalue weighted by molar-refractivity contribution is -0.318. The van der Waals surface area contributed by atoms with Crippen molar-refractivity contribution in [3.8, 4) is 0 Å². The molecule has 106 valence electrons. The molecule has 0 unspecified atom stereocenters. The van der Waals surface area contributed by atoms with Crippen LogP contribution >= 0.6 is 0 Å². The van der Waals surface area contributed by atoms with Gasteiger partial charge in [0, 0.05) is 12.8 Å². The molecule has 1 spiro atoms. The molecule has 0 bridgehead atoms. The molecule has 1 aliphatic heterocycles. The molecule has 2 fully saturated rings. The molecule has 6 heteroatoms. The van der Waals surface area contributed by atoms with E-state index in [1.54, 1.807) is 13.8 Å². The molecule has 2 rings (SSSR count). The first kappa shape index (κ1) is 14.1. The molecule has 0 amide bonds. The maximum absolute atomic E-state index is 13.2. The Balaban J connectivity index is 2.10. The van der Waals surface area contributed by atoms with Gasteiger partial charge in [0.25, 0.3) is 0 Å². The van der Waals surface area contributed by atoms with Crippen molar-refractivity contribution in [2.45, 2.75) is 63.2 Å². The van der Waals surface area contributed by atoms with E-state index in [-0.39, 0.29) is 25.7 Å². The summed E-state index contributed by atoms with van der Waals surface area (Å²) < 4.78 is 55.8. The molecule has 0 aromatic rings. The average molecular weight is 268 g/mol. The minimum atomic E-state index is -4.35. The molecule has 0 aromatic carbocycles. The zero-order chi connectivity index (χ0) is 13.4. The lowest BCUT2D eigenvalue weighted by atomic mass is 9.80. The van der Waals surface area contributed by atoms with E-state index in [1.807, 2.05) is 0 Å². The third-order valence-corrected chi connectivity index (χ3v) is 3.61. The first-order valence-corrected chi connectivity index (χ1v) is 6.31. The van der Waals surface area contributed by atoms with Gasteiger partial charge in [0.1, 0.15) is 0 Å². The maximum Gasteiger partial charge on any atom is 0.417 e. The minimum absolute atomic E-state index is 0.103. The third-order valence-electron chi connectivity index (χ3n) is 3.61. The molecular weight excluding hydrogens is 249 g/mol. The molecule has 1 heterocycles. The number of halogens is 3. The summed E-state index contributed by atoms with van der Waals surface area (Å²) in [7, 11) is 0. The fourth-order valence-corrected chi connectivity index (χ4v) is 2.74. The predicted molar refractivity (Wildman–Crippen MR) is 58.1 cm³/mol. The van der Waals surface area contributed by atoms with Gasteiger partial charge in [-0.3, -0.25) is 0 Å². The summed E-state index contributed by atoms with van der Waals surface area (Å²) in [6.07, 6.45) is -4.54. The SMILES string of the molecule is CC(C)OC1(C(F)(F)F)CCC2(CC1)OCCO2. The van der Waals surface area contributed by atoms with Crippen molar-refractivity contribution in [1.29, 1.82) is 0 Å². The summed E-state index contributed by atoms with van der Waals surface area (Å²) in [4.78, 5) is 0. The second-order valence-electron chi connectivity index (χ2n) is 5.27. The third kappa shape index (κ3) is 2.51. The van der Waals surface area contributed by atoms with Crippen LogP contribution in [-0.4, -0.2) is 36.9 Å². The Morgan fingerprint density at radius 2 is 1.50 bits per heavy atom. The highest BCUT2D eigenvalue weighted by molar-refractivity contribution is 4.97. The van der Waals surface area contributed by atoms with Crippen LogP contribution in [0.5, 0.6) is 0 Å². The maximum atomic E-state index is 13.2. The van der Waals surface area contributed by atoms with Crippen LogP contribution in [0.3, 0.4) is 0 Å². The fourth-order valence-electron chi connectivity index (χ4n) is 2.74. The molecular formula is C12H19F3O3. The number of hydrogen-bond acceptors (Lipinski definition) is 3. The van der Waals surface area contributed by atoms with Gasteiger partial charge in [-0.1, -0.05) is 0 Å². The zero-order valence-corrected chi connectivity index (χ0v) is 10.7. The van der Waals surface area contributed by atoms with Gasteiger partial charge in [-0.15, -0.1) is 0 Å². The van der Waals surface area contributed by atoms with Crippen LogP contribution in [0.25, 0.3) is 0 Å². The largest absolute Gasteiger partial charge is 0.417 e. The summed E-state index contributed by atoms with van der Waals surface area (Å²) in [5.74, 6) is -0.797. The van der Waals surface area contributed by atoms with Crippen LogP contribution in [0, 0.1) is 0 Å². The average Bonchev–Trinajstić information content (AvgIpc) is 2.69. The molecule has 3 nitrogen and oxygen atoms in total. The molecule has 0 aromatic heterocycles. The van der Waals surface area contributed by atoms with Crippen molar-refractivity contribution in [1.82, 2.24) is 0 Å². The topological polar surface area (TPSA) is 27.7 Å². The van der Waals surface area contributed by atoms with Crippen molar-refractivity contribution < 1.29 is 27.4 Å². The van der Waals surface area contributed by atoms with E-state index in [2.05, 4.69) is 0 Å². The van der Waals surface area contributed by atoms with Crippen LogP contribution in [0.1, 0.15) is 39.5 Å². The van der Waals surface area contributed by atoms with Crippen molar-refractivity contribution >= 4 is 0 Å². The highest BCUT2D eigenvalue weighted by atomic mass is 19.4. The lowest BCUT2D eigenvalue weighted by Gasteiger charge is -2.44. The van der Waals surface area contributed by atoms with E-state index < -0.39 is 23.7 Å². The van der Waals surface area contributed by atoms with Crippen LogP contribution in [-0.2, 0) is 14.2 Å². The van der Waals surface area contributed by atoms with Crippen molar-refractivity contribution in [2.75, 3.05) is 13.2 Å². The van der Waals surface area contributed by atoms with E-state index in [0.717, 1.165) is 0 Å². The Kier molecular flexibility index (Phi) is 3.64. The Morgan fingerprint density at radius 1 is 1.00 bits per heavy atom.